The normalized spacial score (nSPS) is 20.1. The average molecular weight is 538 g/mol. The number of nitrogens with one attached hydrogen (secondary N) is 2. The number of aromatic nitrogens is 3. The maximum atomic E-state index is 13.4. The molecule has 1 unspecified atom stereocenters. The average Bonchev–Trinajstić information content (AvgIpc) is 3.12. The maximum Gasteiger partial charge on any atom is 0.416 e. The molecule has 3 heterocycles. The standard InChI is InChI=1S/C23H26F3N7O3S/c1-4-17(12-7-13(23(24,25)26)9-14(27)8-12)30-18-15-10-16(22(28)5-6-37(35,36)11-22)19(29-2)31-20(15)33(3)21(34)32-18/h4,7-10,17H,1,5-6,11,27-28H2,2-3H3,(H,29,31)(H,30,32,34)/t17-,22?/m1/s1. The van der Waals surface area contributed by atoms with Crippen molar-refractivity contribution in [2.24, 2.45) is 12.8 Å². The van der Waals surface area contributed by atoms with Gasteiger partial charge in [-0.15, -0.1) is 6.58 Å². The van der Waals surface area contributed by atoms with E-state index in [-0.39, 0.29) is 40.6 Å². The molecule has 1 aliphatic rings. The van der Waals surface area contributed by atoms with Crippen molar-refractivity contribution in [2.45, 2.75) is 24.2 Å². The Labute approximate surface area is 210 Å². The molecule has 6 N–H and O–H groups in total. The molecule has 1 aliphatic heterocycles. The third-order valence-electron chi connectivity index (χ3n) is 6.37. The number of alkyl halides is 3. The largest absolute Gasteiger partial charge is 0.416 e. The van der Waals surface area contributed by atoms with Crippen molar-refractivity contribution >= 4 is 38.2 Å². The zero-order valence-corrected chi connectivity index (χ0v) is 20.9. The molecular formula is C23H26F3N7O3S. The lowest BCUT2D eigenvalue weighted by Crippen LogP contribution is -2.39. The van der Waals surface area contributed by atoms with E-state index in [0.29, 0.717) is 16.8 Å². The molecule has 14 heteroatoms. The Kier molecular flexibility index (Phi) is 6.44. The van der Waals surface area contributed by atoms with Crippen LogP contribution in [0.25, 0.3) is 11.0 Å². The number of sulfone groups is 1. The molecule has 198 valence electrons. The summed E-state index contributed by atoms with van der Waals surface area (Å²) >= 11 is 0. The van der Waals surface area contributed by atoms with E-state index in [2.05, 4.69) is 27.2 Å². The van der Waals surface area contributed by atoms with Crippen molar-refractivity contribution in [1.29, 1.82) is 0 Å². The summed E-state index contributed by atoms with van der Waals surface area (Å²) < 4.78 is 65.8. The van der Waals surface area contributed by atoms with Crippen LogP contribution in [0.5, 0.6) is 0 Å². The maximum absolute atomic E-state index is 13.4. The molecule has 10 nitrogen and oxygen atoms in total. The smallest absolute Gasteiger partial charge is 0.399 e. The van der Waals surface area contributed by atoms with Crippen LogP contribution in [0, 0.1) is 0 Å². The van der Waals surface area contributed by atoms with E-state index in [0.717, 1.165) is 12.1 Å². The summed E-state index contributed by atoms with van der Waals surface area (Å²) in [7, 11) is -0.314. The van der Waals surface area contributed by atoms with Crippen molar-refractivity contribution in [1.82, 2.24) is 14.5 Å². The molecule has 0 radical (unpaired) electrons. The van der Waals surface area contributed by atoms with Crippen LogP contribution >= 0.6 is 0 Å². The molecule has 0 aliphatic carbocycles. The lowest BCUT2D eigenvalue weighted by molar-refractivity contribution is -0.137. The quantitative estimate of drug-likeness (QED) is 0.273. The van der Waals surface area contributed by atoms with Crippen LogP contribution in [-0.2, 0) is 28.6 Å². The fourth-order valence-corrected chi connectivity index (χ4v) is 6.37. The highest BCUT2D eigenvalue weighted by Crippen LogP contribution is 2.38. The van der Waals surface area contributed by atoms with E-state index in [1.807, 2.05) is 0 Å². The van der Waals surface area contributed by atoms with Gasteiger partial charge in [-0.3, -0.25) is 4.57 Å². The summed E-state index contributed by atoms with van der Waals surface area (Å²) in [6, 6.07) is 3.79. The zero-order valence-electron chi connectivity index (χ0n) is 20.1. The van der Waals surface area contributed by atoms with Crippen molar-refractivity contribution in [3.8, 4) is 0 Å². The Bertz CT molecular complexity index is 1570. The number of rotatable bonds is 6. The van der Waals surface area contributed by atoms with E-state index >= 15 is 0 Å². The molecule has 0 bridgehead atoms. The third kappa shape index (κ3) is 4.98. The minimum atomic E-state index is -4.62. The fraction of sp³-hybridized carbons (Fsp3) is 0.348. The number of nitrogen functional groups attached to an aromatic ring is 1. The van der Waals surface area contributed by atoms with E-state index in [9.17, 15) is 26.4 Å². The molecule has 2 atom stereocenters. The van der Waals surface area contributed by atoms with Crippen LogP contribution in [0.1, 0.15) is 29.2 Å². The van der Waals surface area contributed by atoms with Gasteiger partial charge in [-0.05, 0) is 36.2 Å². The molecule has 0 saturated carbocycles. The summed E-state index contributed by atoms with van der Waals surface area (Å²) in [5.41, 5.74) is 10.1. The first-order valence-corrected chi connectivity index (χ1v) is 13.0. The van der Waals surface area contributed by atoms with Crippen molar-refractivity contribution in [3.63, 3.8) is 0 Å². The van der Waals surface area contributed by atoms with E-state index < -0.39 is 38.8 Å². The van der Waals surface area contributed by atoms with Gasteiger partial charge in [0.15, 0.2) is 9.84 Å². The fourth-order valence-electron chi connectivity index (χ4n) is 4.47. The predicted molar refractivity (Wildman–Crippen MR) is 136 cm³/mol. The van der Waals surface area contributed by atoms with Gasteiger partial charge in [0.05, 0.1) is 34.0 Å². The number of anilines is 3. The summed E-state index contributed by atoms with van der Waals surface area (Å²) in [5, 5.41) is 6.19. The van der Waals surface area contributed by atoms with Crippen LogP contribution < -0.4 is 27.8 Å². The minimum Gasteiger partial charge on any atom is -0.399 e. The molecule has 0 spiro atoms. The van der Waals surface area contributed by atoms with E-state index in [1.165, 1.54) is 23.8 Å². The summed E-state index contributed by atoms with van der Waals surface area (Å²) in [5.74, 6) is -0.0654. The molecule has 1 aromatic carbocycles. The first kappa shape index (κ1) is 26.4. The molecule has 4 rings (SSSR count). The molecular weight excluding hydrogens is 511 g/mol. The Hall–Kier alpha value is -3.65. The SMILES string of the molecule is C=C[C@@H](Nc1nc(=O)n(C)c2nc(NC)c(C3(N)CCS(=O)(=O)C3)cc12)c1cc(N)cc(C(F)(F)F)c1. The number of nitrogens with zero attached hydrogens (tertiary/aromatic N) is 3. The Balaban J connectivity index is 1.89. The van der Waals surface area contributed by atoms with Gasteiger partial charge >= 0.3 is 11.9 Å². The molecule has 1 saturated heterocycles. The van der Waals surface area contributed by atoms with Gasteiger partial charge in [-0.2, -0.15) is 18.2 Å². The van der Waals surface area contributed by atoms with Gasteiger partial charge in [-0.25, -0.2) is 18.2 Å². The topological polar surface area (TPSA) is 158 Å². The number of halogens is 3. The van der Waals surface area contributed by atoms with Crippen LogP contribution in [0.3, 0.4) is 0 Å². The van der Waals surface area contributed by atoms with Crippen LogP contribution in [0.2, 0.25) is 0 Å². The number of benzene rings is 1. The van der Waals surface area contributed by atoms with E-state index in [1.54, 1.807) is 13.1 Å². The lowest BCUT2D eigenvalue weighted by Gasteiger charge is -2.26. The zero-order chi connectivity index (χ0) is 27.3. The third-order valence-corrected chi connectivity index (χ3v) is 8.15. The number of pyridine rings is 1. The van der Waals surface area contributed by atoms with Gasteiger partial charge in [-0.1, -0.05) is 6.08 Å². The summed E-state index contributed by atoms with van der Waals surface area (Å²) in [6.07, 6.45) is -3.11. The second kappa shape index (κ2) is 9.03. The van der Waals surface area contributed by atoms with Crippen LogP contribution in [0.4, 0.5) is 30.5 Å². The monoisotopic (exact) mass is 537 g/mol. The molecule has 0 amide bonds. The van der Waals surface area contributed by atoms with E-state index in [4.69, 9.17) is 11.5 Å². The van der Waals surface area contributed by atoms with Crippen molar-refractivity contribution in [2.75, 3.05) is 34.9 Å². The van der Waals surface area contributed by atoms with Gasteiger partial charge in [0.25, 0.3) is 0 Å². The van der Waals surface area contributed by atoms with Crippen molar-refractivity contribution < 1.29 is 21.6 Å². The molecule has 2 aromatic heterocycles. The second-order valence-corrected chi connectivity index (χ2v) is 11.2. The predicted octanol–water partition coefficient (Wildman–Crippen LogP) is 2.28. The Morgan fingerprint density at radius 3 is 2.49 bits per heavy atom. The highest BCUT2D eigenvalue weighted by molar-refractivity contribution is 7.91. The lowest BCUT2D eigenvalue weighted by atomic mass is 9.90. The van der Waals surface area contributed by atoms with Crippen LogP contribution in [-0.4, -0.2) is 41.5 Å². The Morgan fingerprint density at radius 2 is 1.92 bits per heavy atom. The van der Waals surface area contributed by atoms with Crippen LogP contribution in [0.15, 0.2) is 41.7 Å². The van der Waals surface area contributed by atoms with Crippen molar-refractivity contribution in [3.05, 3.63) is 64.1 Å². The van der Waals surface area contributed by atoms with Gasteiger partial charge < -0.3 is 22.1 Å². The minimum absolute atomic E-state index is 0.0137. The highest BCUT2D eigenvalue weighted by atomic mass is 32.2. The number of nitrogens with two attached hydrogens (primary N) is 2. The number of hydrogen-bond donors (Lipinski definition) is 4. The van der Waals surface area contributed by atoms with Gasteiger partial charge in [0, 0.05) is 25.3 Å². The first-order chi connectivity index (χ1) is 17.2. The van der Waals surface area contributed by atoms with Gasteiger partial charge in [0.1, 0.15) is 17.3 Å². The summed E-state index contributed by atoms with van der Waals surface area (Å²) in [4.78, 5) is 21.2. The van der Waals surface area contributed by atoms with Gasteiger partial charge in [0.2, 0.25) is 0 Å². The molecule has 37 heavy (non-hydrogen) atoms. The number of aryl methyl sites for hydroxylation is 1. The molecule has 3 aromatic rings. The first-order valence-electron chi connectivity index (χ1n) is 11.1. The Morgan fingerprint density at radius 1 is 1.22 bits per heavy atom. The highest BCUT2D eigenvalue weighted by Gasteiger charge is 2.42. The summed E-state index contributed by atoms with van der Waals surface area (Å²) in [6.45, 7) is 3.70. The second-order valence-electron chi connectivity index (χ2n) is 9.05. The number of hydrogen-bond acceptors (Lipinski definition) is 9. The molecule has 1 fully saturated rings. The number of fused-ring (bicyclic) bond motifs is 1.